The molecule has 1 aliphatic rings. The molecule has 0 bridgehead atoms. The Morgan fingerprint density at radius 3 is 2.32 bits per heavy atom. The van der Waals surface area contributed by atoms with Gasteiger partial charge < -0.3 is 19.5 Å². The number of anilines is 4. The van der Waals surface area contributed by atoms with Gasteiger partial charge in [0.25, 0.3) is 10.0 Å². The van der Waals surface area contributed by atoms with E-state index in [0.717, 1.165) is 24.6 Å². The molecule has 2 aromatic heterocycles. The zero-order valence-corrected chi connectivity index (χ0v) is 18.4. The lowest BCUT2D eigenvalue weighted by Gasteiger charge is -2.28. The Morgan fingerprint density at radius 1 is 1.00 bits per heavy atom. The van der Waals surface area contributed by atoms with E-state index in [0.29, 0.717) is 36.2 Å². The van der Waals surface area contributed by atoms with Crippen molar-refractivity contribution in [2.24, 2.45) is 0 Å². The molecule has 0 aliphatic carbocycles. The molecule has 3 heterocycles. The molecule has 0 spiro atoms. The molecule has 1 aromatic carbocycles. The van der Waals surface area contributed by atoms with Crippen LogP contribution >= 0.6 is 0 Å². The molecule has 0 unspecified atom stereocenters. The molecule has 10 nitrogen and oxygen atoms in total. The summed E-state index contributed by atoms with van der Waals surface area (Å²) in [7, 11) is -3.79. The van der Waals surface area contributed by atoms with E-state index in [1.165, 1.54) is 0 Å². The van der Waals surface area contributed by atoms with Crippen molar-refractivity contribution in [1.82, 2.24) is 15.1 Å². The van der Waals surface area contributed by atoms with Crippen LogP contribution in [-0.4, -0.2) is 49.8 Å². The molecule has 1 saturated heterocycles. The van der Waals surface area contributed by atoms with Crippen LogP contribution in [-0.2, 0) is 14.8 Å². The second kappa shape index (κ2) is 8.52. The second-order valence-electron chi connectivity index (χ2n) is 7.22. The molecule has 0 atom stereocenters. The summed E-state index contributed by atoms with van der Waals surface area (Å²) in [5.74, 6) is 2.43. The van der Waals surface area contributed by atoms with Gasteiger partial charge in [0.15, 0.2) is 10.7 Å². The van der Waals surface area contributed by atoms with Crippen molar-refractivity contribution in [3.8, 4) is 0 Å². The molecule has 164 valence electrons. The zero-order chi connectivity index (χ0) is 22.0. The molecule has 0 saturated carbocycles. The van der Waals surface area contributed by atoms with Gasteiger partial charge >= 0.3 is 0 Å². The fourth-order valence-electron chi connectivity index (χ4n) is 3.40. The van der Waals surface area contributed by atoms with E-state index < -0.39 is 10.0 Å². The molecule has 3 aromatic rings. The van der Waals surface area contributed by atoms with Gasteiger partial charge in [0.2, 0.25) is 0 Å². The summed E-state index contributed by atoms with van der Waals surface area (Å²) < 4.78 is 38.2. The van der Waals surface area contributed by atoms with Gasteiger partial charge in [0.1, 0.15) is 23.2 Å². The average Bonchev–Trinajstić information content (AvgIpc) is 3.08. The number of aromatic nitrogens is 3. The Morgan fingerprint density at radius 2 is 1.68 bits per heavy atom. The first kappa shape index (κ1) is 21.1. The van der Waals surface area contributed by atoms with E-state index in [2.05, 4.69) is 30.1 Å². The van der Waals surface area contributed by atoms with Crippen molar-refractivity contribution < 1.29 is 17.7 Å². The van der Waals surface area contributed by atoms with Crippen LogP contribution in [0.5, 0.6) is 0 Å². The third-order valence-electron chi connectivity index (χ3n) is 4.81. The number of morpholine rings is 1. The van der Waals surface area contributed by atoms with Crippen LogP contribution < -0.4 is 14.9 Å². The second-order valence-corrected chi connectivity index (χ2v) is 8.84. The van der Waals surface area contributed by atoms with E-state index in [1.54, 1.807) is 38.1 Å². The predicted molar refractivity (Wildman–Crippen MR) is 116 cm³/mol. The molecule has 0 radical (unpaired) electrons. The SMILES string of the molecule is Cc1nc(Nc2ccc(NS(=O)(=O)c3c(C)noc3C)cc2)cc(N2CCOCC2)n1. The summed E-state index contributed by atoms with van der Waals surface area (Å²) >= 11 is 0. The van der Waals surface area contributed by atoms with Crippen LogP contribution in [0.1, 0.15) is 17.3 Å². The van der Waals surface area contributed by atoms with Crippen LogP contribution in [0.2, 0.25) is 0 Å². The van der Waals surface area contributed by atoms with E-state index in [4.69, 9.17) is 9.26 Å². The number of nitrogens with one attached hydrogen (secondary N) is 2. The summed E-state index contributed by atoms with van der Waals surface area (Å²) in [4.78, 5) is 11.2. The largest absolute Gasteiger partial charge is 0.378 e. The highest BCUT2D eigenvalue weighted by Crippen LogP contribution is 2.25. The first-order chi connectivity index (χ1) is 14.8. The molecule has 1 fully saturated rings. The summed E-state index contributed by atoms with van der Waals surface area (Å²) in [5, 5.41) is 6.96. The van der Waals surface area contributed by atoms with Gasteiger partial charge in [-0.3, -0.25) is 4.72 Å². The number of rotatable bonds is 6. The molecule has 4 rings (SSSR count). The molecule has 31 heavy (non-hydrogen) atoms. The lowest BCUT2D eigenvalue weighted by molar-refractivity contribution is 0.122. The maximum atomic E-state index is 12.6. The van der Waals surface area contributed by atoms with E-state index in [1.807, 2.05) is 13.0 Å². The minimum Gasteiger partial charge on any atom is -0.378 e. The molecule has 2 N–H and O–H groups in total. The summed E-state index contributed by atoms with van der Waals surface area (Å²) in [6, 6.07) is 8.80. The molecular formula is C20H24N6O4S. The maximum absolute atomic E-state index is 12.6. The number of benzene rings is 1. The highest BCUT2D eigenvalue weighted by Gasteiger charge is 2.24. The molecule has 0 amide bonds. The van der Waals surface area contributed by atoms with Crippen LogP contribution in [0.4, 0.5) is 23.0 Å². The van der Waals surface area contributed by atoms with E-state index >= 15 is 0 Å². The highest BCUT2D eigenvalue weighted by molar-refractivity contribution is 7.92. The number of ether oxygens (including phenoxy) is 1. The van der Waals surface area contributed by atoms with Crippen molar-refractivity contribution in [3.05, 3.63) is 47.6 Å². The predicted octanol–water partition coefficient (Wildman–Crippen LogP) is 2.77. The van der Waals surface area contributed by atoms with Crippen LogP contribution in [0.3, 0.4) is 0 Å². The topological polar surface area (TPSA) is 122 Å². The van der Waals surface area contributed by atoms with Crippen molar-refractivity contribution in [3.63, 3.8) is 0 Å². The Balaban J connectivity index is 1.48. The average molecular weight is 445 g/mol. The van der Waals surface area contributed by atoms with Crippen molar-refractivity contribution in [2.45, 2.75) is 25.7 Å². The lowest BCUT2D eigenvalue weighted by atomic mass is 10.3. The standard InChI is InChI=1S/C20H24N6O4S/c1-13-20(14(2)30-24-13)31(27,28)25-17-6-4-16(5-7-17)23-18-12-19(22-15(3)21-18)26-8-10-29-11-9-26/h4-7,12,25H,8-11H2,1-3H3,(H,21,22,23). The van der Waals surface area contributed by atoms with E-state index in [9.17, 15) is 8.42 Å². The monoisotopic (exact) mass is 444 g/mol. The van der Waals surface area contributed by atoms with Crippen LogP contribution in [0, 0.1) is 20.8 Å². The number of hydrogen-bond donors (Lipinski definition) is 2. The van der Waals surface area contributed by atoms with Gasteiger partial charge in [0, 0.05) is 30.5 Å². The van der Waals surface area contributed by atoms with Gasteiger partial charge in [-0.25, -0.2) is 18.4 Å². The number of aryl methyl sites for hydroxylation is 3. The summed E-state index contributed by atoms with van der Waals surface area (Å²) in [6.45, 7) is 7.94. The van der Waals surface area contributed by atoms with Crippen molar-refractivity contribution in [2.75, 3.05) is 41.2 Å². The first-order valence-corrected chi connectivity index (χ1v) is 11.3. The zero-order valence-electron chi connectivity index (χ0n) is 17.5. The minimum atomic E-state index is -3.79. The Kier molecular flexibility index (Phi) is 5.79. The third-order valence-corrected chi connectivity index (χ3v) is 6.43. The smallest absolute Gasteiger partial charge is 0.267 e. The van der Waals surface area contributed by atoms with Gasteiger partial charge in [-0.1, -0.05) is 5.16 Å². The van der Waals surface area contributed by atoms with Crippen LogP contribution in [0.15, 0.2) is 39.8 Å². The minimum absolute atomic E-state index is 0.0572. The van der Waals surface area contributed by atoms with Crippen LogP contribution in [0.25, 0.3) is 0 Å². The number of nitrogens with zero attached hydrogens (tertiary/aromatic N) is 4. The fourth-order valence-corrected chi connectivity index (χ4v) is 4.79. The van der Waals surface area contributed by atoms with E-state index in [-0.39, 0.29) is 10.7 Å². The fraction of sp³-hybridized carbons (Fsp3) is 0.350. The normalized spacial score (nSPS) is 14.5. The van der Waals surface area contributed by atoms with Gasteiger partial charge in [-0.15, -0.1) is 0 Å². The van der Waals surface area contributed by atoms with Gasteiger partial charge in [-0.05, 0) is 45.0 Å². The summed E-state index contributed by atoms with van der Waals surface area (Å²) in [6.07, 6.45) is 0. The molecule has 11 heteroatoms. The van der Waals surface area contributed by atoms with Gasteiger partial charge in [-0.2, -0.15) is 0 Å². The molecule has 1 aliphatic heterocycles. The molecular weight excluding hydrogens is 420 g/mol. The summed E-state index contributed by atoms with van der Waals surface area (Å²) in [5.41, 5.74) is 1.52. The number of hydrogen-bond acceptors (Lipinski definition) is 9. The lowest BCUT2D eigenvalue weighted by Crippen LogP contribution is -2.36. The maximum Gasteiger partial charge on any atom is 0.267 e. The van der Waals surface area contributed by atoms with Crippen molar-refractivity contribution in [1.29, 1.82) is 0 Å². The number of sulfonamides is 1. The third kappa shape index (κ3) is 4.78. The Bertz CT molecular complexity index is 1150. The Hall–Kier alpha value is -3.18. The van der Waals surface area contributed by atoms with Gasteiger partial charge in [0.05, 0.1) is 13.2 Å². The quantitative estimate of drug-likeness (QED) is 0.591. The Labute approximate surface area is 180 Å². The first-order valence-electron chi connectivity index (χ1n) is 9.83. The van der Waals surface area contributed by atoms with Crippen molar-refractivity contribution >= 4 is 33.0 Å². The highest BCUT2D eigenvalue weighted by atomic mass is 32.2.